The molecule has 2 aromatic rings. The van der Waals surface area contributed by atoms with E-state index in [1.165, 1.54) is 12.3 Å². The summed E-state index contributed by atoms with van der Waals surface area (Å²) in [6.45, 7) is 1.94. The Morgan fingerprint density at radius 3 is 2.61 bits per heavy atom. The van der Waals surface area contributed by atoms with E-state index in [9.17, 15) is 9.18 Å². The second-order valence-corrected chi connectivity index (χ2v) is 4.14. The Bertz CT molecular complexity index is 584. The van der Waals surface area contributed by atoms with Gasteiger partial charge in [-0.25, -0.2) is 9.37 Å². The maximum absolute atomic E-state index is 13.6. The van der Waals surface area contributed by atoms with Gasteiger partial charge in [-0.15, -0.1) is 0 Å². The van der Waals surface area contributed by atoms with Gasteiger partial charge >= 0.3 is 0 Å². The molecule has 0 aliphatic heterocycles. The summed E-state index contributed by atoms with van der Waals surface area (Å²) in [6, 6.07) is 8.48. The van der Waals surface area contributed by atoms with E-state index in [1.54, 1.807) is 12.1 Å². The summed E-state index contributed by atoms with van der Waals surface area (Å²) < 4.78 is 13.6. The second-order valence-electron chi connectivity index (χ2n) is 3.78. The lowest BCUT2D eigenvalue weighted by molar-refractivity contribution is 0.102. The highest BCUT2D eigenvalue weighted by molar-refractivity contribution is 6.30. The predicted molar refractivity (Wildman–Crippen MR) is 68.3 cm³/mol. The first-order chi connectivity index (χ1) is 8.58. The second kappa shape index (κ2) is 5.14. The monoisotopic (exact) mass is 264 g/mol. The highest BCUT2D eigenvalue weighted by atomic mass is 35.5. The normalized spacial score (nSPS) is 10.2. The SMILES string of the molecule is Cc1ccc(NC(=O)c2ccnc(Cl)c2F)cc1. The molecule has 1 N–H and O–H groups in total. The molecule has 0 bridgehead atoms. The smallest absolute Gasteiger partial charge is 0.258 e. The van der Waals surface area contributed by atoms with Gasteiger partial charge in [0.1, 0.15) is 0 Å². The molecule has 0 unspecified atom stereocenters. The van der Waals surface area contributed by atoms with Gasteiger partial charge in [0.2, 0.25) is 0 Å². The first-order valence-electron chi connectivity index (χ1n) is 5.26. The number of nitrogens with one attached hydrogen (secondary N) is 1. The van der Waals surface area contributed by atoms with Crippen LogP contribution in [0, 0.1) is 12.7 Å². The summed E-state index contributed by atoms with van der Waals surface area (Å²) in [7, 11) is 0. The molecule has 1 heterocycles. The molecule has 0 saturated carbocycles. The van der Waals surface area contributed by atoms with Crippen molar-refractivity contribution in [2.24, 2.45) is 0 Å². The summed E-state index contributed by atoms with van der Waals surface area (Å²) in [5.41, 5.74) is 1.54. The minimum atomic E-state index is -0.816. The fourth-order valence-electron chi connectivity index (χ4n) is 1.43. The van der Waals surface area contributed by atoms with Crippen molar-refractivity contribution in [2.75, 3.05) is 5.32 Å². The molecule has 1 aromatic heterocycles. The molecular formula is C13H10ClFN2O. The Kier molecular flexibility index (Phi) is 3.58. The standard InChI is InChI=1S/C13H10ClFN2O/c1-8-2-4-9(5-3-8)17-13(18)10-6-7-16-12(14)11(10)15/h2-7H,1H3,(H,17,18). The predicted octanol–water partition coefficient (Wildman–Crippen LogP) is 3.43. The molecule has 92 valence electrons. The van der Waals surface area contributed by atoms with E-state index in [0.29, 0.717) is 5.69 Å². The number of carbonyl (C=O) groups is 1. The van der Waals surface area contributed by atoms with Gasteiger partial charge in [-0.05, 0) is 25.1 Å². The molecule has 3 nitrogen and oxygen atoms in total. The number of amides is 1. The van der Waals surface area contributed by atoms with Gasteiger partial charge in [0, 0.05) is 11.9 Å². The van der Waals surface area contributed by atoms with Gasteiger partial charge < -0.3 is 5.32 Å². The molecule has 0 radical (unpaired) electrons. The summed E-state index contributed by atoms with van der Waals surface area (Å²) in [4.78, 5) is 15.4. The molecule has 0 aliphatic carbocycles. The number of rotatable bonds is 2. The average Bonchev–Trinajstić information content (AvgIpc) is 2.35. The van der Waals surface area contributed by atoms with E-state index in [4.69, 9.17) is 11.6 Å². The van der Waals surface area contributed by atoms with Crippen LogP contribution in [0.5, 0.6) is 0 Å². The molecular weight excluding hydrogens is 255 g/mol. The lowest BCUT2D eigenvalue weighted by Crippen LogP contribution is -2.14. The zero-order valence-corrected chi connectivity index (χ0v) is 10.3. The van der Waals surface area contributed by atoms with E-state index in [0.717, 1.165) is 5.56 Å². The van der Waals surface area contributed by atoms with Crippen molar-refractivity contribution in [2.45, 2.75) is 6.92 Å². The van der Waals surface area contributed by atoms with E-state index in [2.05, 4.69) is 10.3 Å². The average molecular weight is 265 g/mol. The van der Waals surface area contributed by atoms with Gasteiger partial charge in [-0.1, -0.05) is 29.3 Å². The molecule has 0 saturated heterocycles. The third-order valence-corrected chi connectivity index (χ3v) is 2.66. The molecule has 1 amide bonds. The number of halogens is 2. The first kappa shape index (κ1) is 12.5. The van der Waals surface area contributed by atoms with Gasteiger partial charge in [0.05, 0.1) is 5.56 Å². The molecule has 0 spiro atoms. The number of benzene rings is 1. The van der Waals surface area contributed by atoms with Crippen LogP contribution in [-0.2, 0) is 0 Å². The number of nitrogens with zero attached hydrogens (tertiary/aromatic N) is 1. The van der Waals surface area contributed by atoms with Crippen molar-refractivity contribution in [1.82, 2.24) is 4.98 Å². The van der Waals surface area contributed by atoms with E-state index in [1.807, 2.05) is 19.1 Å². The van der Waals surface area contributed by atoms with Crippen molar-refractivity contribution in [3.63, 3.8) is 0 Å². The van der Waals surface area contributed by atoms with E-state index in [-0.39, 0.29) is 10.7 Å². The molecule has 18 heavy (non-hydrogen) atoms. The van der Waals surface area contributed by atoms with Crippen molar-refractivity contribution >= 4 is 23.2 Å². The maximum Gasteiger partial charge on any atom is 0.258 e. The Hall–Kier alpha value is -1.94. The largest absolute Gasteiger partial charge is 0.322 e. The highest BCUT2D eigenvalue weighted by Gasteiger charge is 2.14. The number of carbonyl (C=O) groups excluding carboxylic acids is 1. The van der Waals surface area contributed by atoms with Crippen LogP contribution in [0.1, 0.15) is 15.9 Å². The number of hydrogen-bond acceptors (Lipinski definition) is 2. The Morgan fingerprint density at radius 2 is 1.94 bits per heavy atom. The van der Waals surface area contributed by atoms with Crippen molar-refractivity contribution < 1.29 is 9.18 Å². The first-order valence-corrected chi connectivity index (χ1v) is 5.64. The highest BCUT2D eigenvalue weighted by Crippen LogP contribution is 2.17. The van der Waals surface area contributed by atoms with E-state index >= 15 is 0 Å². The van der Waals surface area contributed by atoms with Crippen LogP contribution in [0.25, 0.3) is 0 Å². The zero-order chi connectivity index (χ0) is 13.1. The van der Waals surface area contributed by atoms with Gasteiger partial charge in [0.25, 0.3) is 5.91 Å². The minimum absolute atomic E-state index is 0.129. The van der Waals surface area contributed by atoms with Gasteiger partial charge in [-0.2, -0.15) is 0 Å². The molecule has 0 aliphatic rings. The molecule has 0 atom stereocenters. The quantitative estimate of drug-likeness (QED) is 0.845. The lowest BCUT2D eigenvalue weighted by atomic mass is 10.2. The van der Waals surface area contributed by atoms with Crippen LogP contribution >= 0.6 is 11.6 Å². The Labute approximate surface area is 109 Å². The fraction of sp³-hybridized carbons (Fsp3) is 0.0769. The van der Waals surface area contributed by atoms with Gasteiger partial charge in [0.15, 0.2) is 11.0 Å². The maximum atomic E-state index is 13.6. The van der Waals surface area contributed by atoms with Crippen molar-refractivity contribution in [3.8, 4) is 0 Å². The topological polar surface area (TPSA) is 42.0 Å². The van der Waals surface area contributed by atoms with Crippen molar-refractivity contribution in [1.29, 1.82) is 0 Å². The lowest BCUT2D eigenvalue weighted by Gasteiger charge is -2.06. The molecule has 2 rings (SSSR count). The summed E-state index contributed by atoms with van der Waals surface area (Å²) in [5, 5.41) is 2.27. The van der Waals surface area contributed by atoms with Crippen molar-refractivity contribution in [3.05, 3.63) is 58.6 Å². The third kappa shape index (κ3) is 2.65. The van der Waals surface area contributed by atoms with Gasteiger partial charge in [-0.3, -0.25) is 4.79 Å². The Morgan fingerprint density at radius 1 is 1.28 bits per heavy atom. The van der Waals surface area contributed by atoms with E-state index < -0.39 is 11.7 Å². The van der Waals surface area contributed by atoms with Crippen LogP contribution in [-0.4, -0.2) is 10.9 Å². The number of pyridine rings is 1. The molecule has 0 fully saturated rings. The molecule has 1 aromatic carbocycles. The minimum Gasteiger partial charge on any atom is -0.322 e. The van der Waals surface area contributed by atoms with Crippen LogP contribution in [0.4, 0.5) is 10.1 Å². The third-order valence-electron chi connectivity index (χ3n) is 2.40. The zero-order valence-electron chi connectivity index (χ0n) is 9.58. The number of aryl methyl sites for hydroxylation is 1. The summed E-state index contributed by atoms with van der Waals surface area (Å²) in [5.74, 6) is -1.37. The molecule has 5 heteroatoms. The number of hydrogen-bond donors (Lipinski definition) is 1. The summed E-state index contributed by atoms with van der Waals surface area (Å²) in [6.07, 6.45) is 1.29. The van der Waals surface area contributed by atoms with Crippen LogP contribution in [0.15, 0.2) is 36.5 Å². The Balaban J connectivity index is 2.22. The summed E-state index contributed by atoms with van der Waals surface area (Å²) >= 11 is 5.52. The number of aromatic nitrogens is 1. The van der Waals surface area contributed by atoms with Crippen LogP contribution < -0.4 is 5.32 Å². The van der Waals surface area contributed by atoms with Crippen LogP contribution in [0.3, 0.4) is 0 Å². The van der Waals surface area contributed by atoms with Crippen LogP contribution in [0.2, 0.25) is 5.15 Å². The number of anilines is 1. The fourth-order valence-corrected chi connectivity index (χ4v) is 1.59.